The second-order valence-electron chi connectivity index (χ2n) is 1.55. The molecule has 0 radical (unpaired) electrons. The molecule has 0 saturated heterocycles. The standard InChI is InChI=1S/C7H7.Cm/c1-7-5-3-2-4-6-7;/h2-5H,1H3;/q-1;. The molecule has 0 unspecified atom stereocenters. The smallest absolute Gasteiger partial charge is 0 e. The van der Waals surface area contributed by atoms with Crippen LogP contribution in [-0.2, 0) is 0 Å². The van der Waals surface area contributed by atoms with E-state index in [0.29, 0.717) is 0 Å². The van der Waals surface area contributed by atoms with Crippen molar-refractivity contribution in [3.63, 3.8) is 0 Å². The van der Waals surface area contributed by atoms with Gasteiger partial charge in [-0.05, 0) is 0 Å². The van der Waals surface area contributed by atoms with Gasteiger partial charge in [0.1, 0.15) is 0 Å². The van der Waals surface area contributed by atoms with Crippen LogP contribution in [0.2, 0.25) is 0 Å². The zero-order valence-electron chi connectivity index (χ0n) is 4.66. The van der Waals surface area contributed by atoms with Gasteiger partial charge >= 0.3 is 0 Å². The van der Waals surface area contributed by atoms with E-state index in [1.165, 1.54) is 5.56 Å². The first-order chi connectivity index (χ1) is 3.39. The van der Waals surface area contributed by atoms with E-state index >= 15 is 0 Å². The fourth-order valence-electron chi connectivity index (χ4n) is 0.483. The van der Waals surface area contributed by atoms with Crippen molar-refractivity contribution < 1.29 is 0 Å². The van der Waals surface area contributed by atoms with Crippen molar-refractivity contribution in [2.75, 3.05) is 0 Å². The molecule has 0 aliphatic heterocycles. The topological polar surface area (TPSA) is 0 Å². The van der Waals surface area contributed by atoms with Crippen LogP contribution >= 0.6 is 0 Å². The minimum absolute atomic E-state index is 0. The third-order valence-electron chi connectivity index (χ3n) is 0.865. The molecule has 0 atom stereocenters. The Morgan fingerprint density at radius 2 is 2.12 bits per heavy atom. The first-order valence-electron chi connectivity index (χ1n) is 2.33. The van der Waals surface area contributed by atoms with Crippen molar-refractivity contribution in [2.45, 2.75) is 6.92 Å². The van der Waals surface area contributed by atoms with Gasteiger partial charge < -0.3 is 0 Å². The summed E-state index contributed by atoms with van der Waals surface area (Å²) in [7, 11) is 0. The molecule has 0 nitrogen and oxygen atoms in total. The maximum Gasteiger partial charge on any atom is 0 e. The summed E-state index contributed by atoms with van der Waals surface area (Å²) in [4.78, 5) is 0. The molecule has 8 heavy (non-hydrogen) atoms. The molecule has 0 spiro atoms. The fraction of sp³-hybridized carbons (Fsp3) is 0.143. The number of aryl methyl sites for hydroxylation is 1. The van der Waals surface area contributed by atoms with E-state index in [1.54, 1.807) is 0 Å². The zero-order chi connectivity index (χ0) is 5.11. The molecule has 0 bridgehead atoms. The van der Waals surface area contributed by atoms with Gasteiger partial charge in [-0.25, -0.2) is 0 Å². The summed E-state index contributed by atoms with van der Waals surface area (Å²) in [5, 5.41) is 0. The van der Waals surface area contributed by atoms with Gasteiger partial charge in [0.15, 0.2) is 0 Å². The summed E-state index contributed by atoms with van der Waals surface area (Å²) in [6.07, 6.45) is 0. The van der Waals surface area contributed by atoms with Crippen LogP contribution in [0.5, 0.6) is 0 Å². The van der Waals surface area contributed by atoms with Gasteiger partial charge in [0.05, 0.1) is 0 Å². The zero-order valence-corrected chi connectivity index (χ0v) is 7.61. The molecule has 0 heterocycles. The summed E-state index contributed by atoms with van der Waals surface area (Å²) >= 11 is 0. The molecule has 0 N–H and O–H groups in total. The Bertz CT molecular complexity index is 134. The van der Waals surface area contributed by atoms with E-state index in [9.17, 15) is 0 Å². The van der Waals surface area contributed by atoms with Gasteiger partial charge in [-0.2, -0.15) is 35.9 Å². The normalized spacial score (nSPS) is 7.62. The molecule has 1 aromatic carbocycles. The van der Waals surface area contributed by atoms with Gasteiger partial charge in [0.25, 0.3) is 0 Å². The van der Waals surface area contributed by atoms with Gasteiger partial charge in [0.2, 0.25) is 0 Å². The van der Waals surface area contributed by atoms with Crippen LogP contribution in [0.1, 0.15) is 5.56 Å². The number of rotatable bonds is 0. The van der Waals surface area contributed by atoms with Crippen LogP contribution in [0.15, 0.2) is 24.3 Å². The number of benzene rings is 1. The Hall–Kier alpha value is -1.78. The average Bonchev–Trinajstić information content (AvgIpc) is 1.69. The first kappa shape index (κ1) is 6.22. The average molecular weight is 338 g/mol. The summed E-state index contributed by atoms with van der Waals surface area (Å²) in [6.45, 7) is 2.03. The van der Waals surface area contributed by atoms with Gasteiger partial charge in [-0.15, -0.1) is 0 Å². The number of hydrogen-bond donors (Lipinski definition) is 0. The van der Waals surface area contributed by atoms with Crippen molar-refractivity contribution in [2.24, 2.45) is 0 Å². The molecule has 1 aromatic rings. The van der Waals surface area contributed by atoms with Crippen LogP contribution in [0.25, 0.3) is 0 Å². The maximum absolute atomic E-state index is 3.03. The van der Waals surface area contributed by atoms with Gasteiger partial charge in [0, 0.05) is 0 Å². The van der Waals surface area contributed by atoms with E-state index in [1.807, 2.05) is 31.2 Å². The van der Waals surface area contributed by atoms with Crippen molar-refractivity contribution in [3.8, 4) is 0 Å². The minimum atomic E-state index is 0. The molecular weight excluding hydrogens is 331 g/mol. The van der Waals surface area contributed by atoms with Crippen LogP contribution in [-0.4, -0.2) is 0 Å². The third-order valence-corrected chi connectivity index (χ3v) is 0.865. The van der Waals surface area contributed by atoms with Gasteiger partial charge in [-0.1, -0.05) is 6.92 Å². The molecule has 0 amide bonds. The van der Waals surface area contributed by atoms with E-state index in [2.05, 4.69) is 6.07 Å². The molecular formula is C7H7Cm-. The van der Waals surface area contributed by atoms with Crippen LogP contribution in [0, 0.1) is 13.0 Å². The predicted molar refractivity (Wildman–Crippen MR) is 30.0 cm³/mol. The van der Waals surface area contributed by atoms with E-state index in [0.717, 1.165) is 0 Å². The Balaban J connectivity index is 0.000000490. The Labute approximate surface area is 43.8 Å². The molecule has 1 rings (SSSR count). The largest absolute Gasteiger partial charge is 0.181 e. The summed E-state index contributed by atoms with van der Waals surface area (Å²) < 4.78 is 0. The Morgan fingerprint density at radius 1 is 1.38 bits per heavy atom. The van der Waals surface area contributed by atoms with E-state index in [4.69, 9.17) is 0 Å². The second-order valence-corrected chi connectivity index (χ2v) is 1.55. The fourth-order valence-corrected chi connectivity index (χ4v) is 0.483. The monoisotopic (exact) mass is 334 g/mol. The summed E-state index contributed by atoms with van der Waals surface area (Å²) in [5.74, 6) is 0. The molecule has 0 aromatic heterocycles. The van der Waals surface area contributed by atoms with E-state index < -0.39 is 0 Å². The summed E-state index contributed by atoms with van der Waals surface area (Å²) in [6, 6.07) is 10.9. The maximum atomic E-state index is 3.03. The molecule has 0 saturated carbocycles. The molecule has 0 fully saturated rings. The first-order valence-corrected chi connectivity index (χ1v) is 2.33. The SMILES string of the molecule is Cc1[c-]cccc1.[Cm]. The van der Waals surface area contributed by atoms with Crippen LogP contribution in [0.3, 0.4) is 0 Å². The Kier molecular flexibility index (Phi) is 1.87. The Morgan fingerprint density at radius 3 is 2.38 bits per heavy atom. The predicted octanol–water partition coefficient (Wildman–Crippen LogP) is 1.80. The van der Waals surface area contributed by atoms with Crippen molar-refractivity contribution in [3.05, 3.63) is 35.9 Å². The van der Waals surface area contributed by atoms with E-state index in [-0.39, 0.29) is 0 Å². The molecule has 0 aliphatic rings. The van der Waals surface area contributed by atoms with Crippen molar-refractivity contribution in [1.29, 1.82) is 0 Å². The molecule has 44 valence electrons. The molecule has 1 heteroatoms. The minimum Gasteiger partial charge on any atom is -0.181 e. The second kappa shape index (κ2) is 2.40. The van der Waals surface area contributed by atoms with Gasteiger partial charge in [-0.3, -0.25) is 0 Å². The third kappa shape index (κ3) is 1.13. The van der Waals surface area contributed by atoms with Crippen molar-refractivity contribution in [1.82, 2.24) is 0 Å². The van der Waals surface area contributed by atoms with Crippen molar-refractivity contribution >= 4 is 0 Å². The summed E-state index contributed by atoms with van der Waals surface area (Å²) in [5.41, 5.74) is 1.20. The quantitative estimate of drug-likeness (QED) is 0.633. The molecule has 0 aliphatic carbocycles. The number of hydrogen-bond acceptors (Lipinski definition) is 0. The van der Waals surface area contributed by atoms with Crippen LogP contribution < -0.4 is 0 Å². The van der Waals surface area contributed by atoms with Crippen LogP contribution in [0.4, 0.5) is 0 Å².